The lowest BCUT2D eigenvalue weighted by Gasteiger charge is -2.37. The zero-order valence-electron chi connectivity index (χ0n) is 23.6. The number of aliphatic carboxylic acids is 1. The molecule has 6 N–H and O–H groups in total. The maximum atomic E-state index is 13.4. The predicted molar refractivity (Wildman–Crippen MR) is 154 cm³/mol. The molecule has 3 heterocycles. The van der Waals surface area contributed by atoms with Crippen molar-refractivity contribution in [1.29, 1.82) is 0 Å². The fourth-order valence-corrected chi connectivity index (χ4v) is 5.92. The Morgan fingerprint density at radius 1 is 0.956 bits per heavy atom. The highest BCUT2D eigenvalue weighted by Gasteiger charge is 2.48. The number of nitrogens with zero attached hydrogens (tertiary/aromatic N) is 1. The van der Waals surface area contributed by atoms with Crippen LogP contribution < -0.4 is 15.5 Å². The molecule has 6 rings (SSSR count). The summed E-state index contributed by atoms with van der Waals surface area (Å²) >= 11 is 0. The van der Waals surface area contributed by atoms with Gasteiger partial charge in [-0.15, -0.1) is 0 Å². The van der Waals surface area contributed by atoms with Gasteiger partial charge in [-0.25, -0.2) is 9.59 Å². The quantitative estimate of drug-likeness (QED) is 0.198. The fraction of sp³-hybridized carbons (Fsp3) is 0.323. The second-order valence-corrected chi connectivity index (χ2v) is 11.1. The molecule has 5 unspecified atom stereocenters. The molecular weight excluding hydrogens is 590 g/mol. The van der Waals surface area contributed by atoms with Crippen LogP contribution >= 0.6 is 0 Å². The number of ether oxygens (including phenoxy) is 2. The number of aliphatic hydroxyl groups is 3. The number of piperidine rings is 1. The number of carbonyl (C=O) groups is 5. The van der Waals surface area contributed by atoms with E-state index in [4.69, 9.17) is 14.6 Å². The number of hydrogen-bond acceptors (Lipinski definition) is 10. The first kappa shape index (κ1) is 30.1. The predicted octanol–water partition coefficient (Wildman–Crippen LogP) is 0.314. The highest BCUT2D eigenvalue weighted by Crippen LogP contribution is 2.41. The molecule has 0 aliphatic carbocycles. The summed E-state index contributed by atoms with van der Waals surface area (Å²) < 4.78 is 9.88. The van der Waals surface area contributed by atoms with Gasteiger partial charge in [0.05, 0.1) is 5.69 Å². The molecule has 3 aromatic carbocycles. The molecule has 0 radical (unpaired) electrons. The monoisotopic (exact) mass is 619 g/mol. The largest absolute Gasteiger partial charge is 0.479 e. The summed E-state index contributed by atoms with van der Waals surface area (Å²) in [7, 11) is 0. The molecule has 0 bridgehead atoms. The Morgan fingerprint density at radius 2 is 1.69 bits per heavy atom. The number of rotatable bonds is 7. The van der Waals surface area contributed by atoms with Gasteiger partial charge >= 0.3 is 12.1 Å². The molecule has 14 nitrogen and oxygen atoms in total. The lowest BCUT2D eigenvalue weighted by molar-refractivity contribution is -0.278. The molecule has 2 fully saturated rings. The Morgan fingerprint density at radius 3 is 2.40 bits per heavy atom. The molecule has 3 aromatic rings. The van der Waals surface area contributed by atoms with Gasteiger partial charge in [0.2, 0.25) is 18.1 Å². The van der Waals surface area contributed by atoms with E-state index in [2.05, 4.69) is 10.6 Å². The average molecular weight is 620 g/mol. The van der Waals surface area contributed by atoms with Crippen molar-refractivity contribution in [2.45, 2.75) is 62.6 Å². The van der Waals surface area contributed by atoms with Crippen LogP contribution in [0.1, 0.15) is 39.9 Å². The van der Waals surface area contributed by atoms with E-state index in [-0.39, 0.29) is 31.2 Å². The first-order valence-corrected chi connectivity index (χ1v) is 14.2. The fourth-order valence-electron chi connectivity index (χ4n) is 5.92. The molecule has 3 aliphatic heterocycles. The van der Waals surface area contributed by atoms with Gasteiger partial charge in [-0.2, -0.15) is 0 Å². The standard InChI is InChI=1S/C31H29N3O11/c35-21-11-10-20(27(39)33-21)34-19-9-8-16(17-2-1-3-18(22(17)19)28(34)40)12-14-4-6-15(7-5-14)13-32-31(43)45-30-25(38)23(36)24(37)26(44-30)29(41)42/h1-9,20,23-26,30,36-38H,10-13H2,(H,32,43)(H,41,42)(H,33,35,39)/t20-,23?,24?,25?,26?,30?/m1/s1. The summed E-state index contributed by atoms with van der Waals surface area (Å²) in [6.45, 7) is 0.0226. The first-order valence-electron chi connectivity index (χ1n) is 14.2. The number of carboxylic acids is 1. The first-order chi connectivity index (χ1) is 21.5. The van der Waals surface area contributed by atoms with Crippen LogP contribution in [0.3, 0.4) is 0 Å². The lowest BCUT2D eigenvalue weighted by atomic mass is 9.95. The van der Waals surface area contributed by atoms with Crippen LogP contribution in [0.5, 0.6) is 0 Å². The second-order valence-electron chi connectivity index (χ2n) is 11.1. The van der Waals surface area contributed by atoms with Crippen LogP contribution in [0.15, 0.2) is 54.6 Å². The molecule has 0 aromatic heterocycles. The number of amides is 4. The Hall–Kier alpha value is -4.89. The van der Waals surface area contributed by atoms with E-state index in [9.17, 15) is 39.3 Å². The zero-order chi connectivity index (χ0) is 32.0. The van der Waals surface area contributed by atoms with E-state index in [1.165, 1.54) is 4.90 Å². The third-order valence-corrected chi connectivity index (χ3v) is 8.23. The van der Waals surface area contributed by atoms with E-state index in [0.717, 1.165) is 21.9 Å². The molecule has 2 saturated heterocycles. The Labute approximate surface area is 255 Å². The van der Waals surface area contributed by atoms with Crippen molar-refractivity contribution in [1.82, 2.24) is 10.6 Å². The minimum atomic E-state index is -1.90. The summed E-state index contributed by atoms with van der Waals surface area (Å²) in [6, 6.07) is 15.7. The van der Waals surface area contributed by atoms with Gasteiger partial charge in [0.1, 0.15) is 24.4 Å². The van der Waals surface area contributed by atoms with Crippen molar-refractivity contribution >= 4 is 46.2 Å². The maximum absolute atomic E-state index is 13.4. The second kappa shape index (κ2) is 11.9. The third-order valence-electron chi connectivity index (χ3n) is 8.23. The number of hydrogen-bond donors (Lipinski definition) is 6. The number of alkyl carbamates (subject to hydrolysis) is 1. The molecular formula is C31H29N3O11. The maximum Gasteiger partial charge on any atom is 0.409 e. The molecule has 6 atom stereocenters. The van der Waals surface area contributed by atoms with Crippen molar-refractivity contribution in [3.05, 3.63) is 76.9 Å². The van der Waals surface area contributed by atoms with Crippen LogP contribution in [0.2, 0.25) is 0 Å². The number of carbonyl (C=O) groups excluding carboxylic acids is 4. The van der Waals surface area contributed by atoms with E-state index in [1.807, 2.05) is 30.3 Å². The van der Waals surface area contributed by atoms with Crippen molar-refractivity contribution < 1.29 is 53.9 Å². The van der Waals surface area contributed by atoms with Gasteiger partial charge in [-0.3, -0.25) is 24.6 Å². The van der Waals surface area contributed by atoms with Crippen LogP contribution in [0.4, 0.5) is 10.5 Å². The van der Waals surface area contributed by atoms with Crippen molar-refractivity contribution in [2.75, 3.05) is 4.90 Å². The summed E-state index contributed by atoms with van der Waals surface area (Å²) in [6.07, 6.45) is -9.46. The normalized spacial score (nSPS) is 26.1. The van der Waals surface area contributed by atoms with E-state index in [0.29, 0.717) is 23.2 Å². The number of anilines is 1. The number of benzene rings is 3. The van der Waals surface area contributed by atoms with Crippen LogP contribution in [0.25, 0.3) is 10.8 Å². The summed E-state index contributed by atoms with van der Waals surface area (Å²) in [4.78, 5) is 62.6. The topological polar surface area (TPSA) is 212 Å². The minimum absolute atomic E-state index is 0.0226. The Bertz CT molecular complexity index is 1710. The molecule has 234 valence electrons. The lowest BCUT2D eigenvalue weighted by Crippen LogP contribution is -2.61. The minimum Gasteiger partial charge on any atom is -0.479 e. The van der Waals surface area contributed by atoms with Gasteiger partial charge in [-0.05, 0) is 47.1 Å². The molecule has 4 amide bonds. The van der Waals surface area contributed by atoms with Crippen molar-refractivity contribution in [3.8, 4) is 0 Å². The number of imide groups is 1. The number of carboxylic acid groups (broad SMARTS) is 1. The molecule has 14 heteroatoms. The smallest absolute Gasteiger partial charge is 0.409 e. The molecule has 3 aliphatic rings. The van der Waals surface area contributed by atoms with Crippen LogP contribution in [-0.4, -0.2) is 87.0 Å². The van der Waals surface area contributed by atoms with Crippen LogP contribution in [0, 0.1) is 0 Å². The SMILES string of the molecule is O=C1CC[C@@H](N2C(=O)c3cccc4c(Cc5ccc(CNC(=O)OC6OC(C(=O)O)C(O)C(O)C6O)cc5)ccc2c34)C(=O)N1. The van der Waals surface area contributed by atoms with Crippen molar-refractivity contribution in [3.63, 3.8) is 0 Å². The van der Waals surface area contributed by atoms with Crippen LogP contribution in [-0.2, 0) is 36.8 Å². The highest BCUT2D eigenvalue weighted by atomic mass is 16.7. The summed E-state index contributed by atoms with van der Waals surface area (Å²) in [5.74, 6) is -2.72. The van der Waals surface area contributed by atoms with Gasteiger partial charge < -0.3 is 35.2 Å². The number of nitrogens with one attached hydrogen (secondary N) is 2. The van der Waals surface area contributed by atoms with Gasteiger partial charge in [0.15, 0.2) is 6.10 Å². The van der Waals surface area contributed by atoms with E-state index < -0.39 is 54.7 Å². The van der Waals surface area contributed by atoms with E-state index in [1.54, 1.807) is 24.3 Å². The summed E-state index contributed by atoms with van der Waals surface area (Å²) in [5.41, 5.74) is 3.73. The summed E-state index contributed by atoms with van der Waals surface area (Å²) in [5, 5.41) is 45.2. The molecule has 0 spiro atoms. The van der Waals surface area contributed by atoms with Gasteiger partial charge in [0.25, 0.3) is 5.91 Å². The average Bonchev–Trinajstić information content (AvgIpc) is 3.30. The zero-order valence-corrected chi connectivity index (χ0v) is 23.6. The molecule has 45 heavy (non-hydrogen) atoms. The third kappa shape index (κ3) is 5.60. The Kier molecular flexibility index (Phi) is 7.97. The molecule has 0 saturated carbocycles. The number of aliphatic hydroxyl groups excluding tert-OH is 3. The van der Waals surface area contributed by atoms with Crippen molar-refractivity contribution in [2.24, 2.45) is 0 Å². The van der Waals surface area contributed by atoms with Gasteiger partial charge in [0, 0.05) is 23.9 Å². The van der Waals surface area contributed by atoms with Gasteiger partial charge in [-0.1, -0.05) is 42.5 Å². The van der Waals surface area contributed by atoms with E-state index >= 15 is 0 Å². The Balaban J connectivity index is 1.11. The highest BCUT2D eigenvalue weighted by molar-refractivity contribution is 6.27.